The lowest BCUT2D eigenvalue weighted by Crippen LogP contribution is -2.44. The molecule has 2 aliphatic heterocycles. The van der Waals surface area contributed by atoms with Gasteiger partial charge in [-0.3, -0.25) is 4.90 Å². The predicted octanol–water partition coefficient (Wildman–Crippen LogP) is 2.15. The summed E-state index contributed by atoms with van der Waals surface area (Å²) in [6, 6.07) is 4.40. The van der Waals surface area contributed by atoms with Crippen LogP contribution < -0.4 is 0 Å². The first-order valence-electron chi connectivity index (χ1n) is 7.23. The van der Waals surface area contributed by atoms with Gasteiger partial charge in [0.05, 0.1) is 12.7 Å². The van der Waals surface area contributed by atoms with E-state index in [-0.39, 0.29) is 0 Å². The maximum absolute atomic E-state index is 6.03. The van der Waals surface area contributed by atoms with Crippen molar-refractivity contribution in [3.63, 3.8) is 0 Å². The monoisotopic (exact) mass is 280 g/mol. The number of likely N-dealkylation sites (tertiary alicyclic amines) is 1. The molecule has 0 aliphatic carbocycles. The molecule has 0 N–H and O–H groups in total. The molecule has 3 nitrogen and oxygen atoms in total. The Morgan fingerprint density at radius 2 is 2.37 bits per heavy atom. The van der Waals surface area contributed by atoms with Gasteiger partial charge in [-0.25, -0.2) is 0 Å². The SMILES string of the molecule is CN(C)C[C@H]1OC[C@@H]2CCN(Cc3cccs3)C[C@@H]21. The van der Waals surface area contributed by atoms with Gasteiger partial charge in [-0.05, 0) is 44.4 Å². The first kappa shape index (κ1) is 13.6. The van der Waals surface area contributed by atoms with Crippen molar-refractivity contribution in [1.82, 2.24) is 9.80 Å². The molecule has 19 heavy (non-hydrogen) atoms. The van der Waals surface area contributed by atoms with Crippen molar-refractivity contribution >= 4 is 11.3 Å². The molecule has 2 fully saturated rings. The summed E-state index contributed by atoms with van der Waals surface area (Å²) >= 11 is 1.87. The molecule has 2 saturated heterocycles. The Morgan fingerprint density at radius 3 is 3.11 bits per heavy atom. The van der Waals surface area contributed by atoms with E-state index >= 15 is 0 Å². The third-order valence-corrected chi connectivity index (χ3v) is 5.26. The fourth-order valence-corrected chi connectivity index (χ4v) is 4.16. The second-order valence-electron chi connectivity index (χ2n) is 6.16. The molecule has 0 spiro atoms. The summed E-state index contributed by atoms with van der Waals surface area (Å²) in [5, 5.41) is 2.18. The minimum absolute atomic E-state index is 0.436. The Bertz CT molecular complexity index is 393. The number of ether oxygens (including phenoxy) is 1. The van der Waals surface area contributed by atoms with Crippen LogP contribution in [-0.2, 0) is 11.3 Å². The average Bonchev–Trinajstić information content (AvgIpc) is 3.00. The number of hydrogen-bond acceptors (Lipinski definition) is 4. The topological polar surface area (TPSA) is 15.7 Å². The van der Waals surface area contributed by atoms with Crippen molar-refractivity contribution in [2.75, 3.05) is 40.3 Å². The van der Waals surface area contributed by atoms with Gasteiger partial charge in [-0.2, -0.15) is 0 Å². The van der Waals surface area contributed by atoms with Crippen molar-refractivity contribution in [3.05, 3.63) is 22.4 Å². The number of nitrogens with zero attached hydrogens (tertiary/aromatic N) is 2. The van der Waals surface area contributed by atoms with Crippen LogP contribution in [0.4, 0.5) is 0 Å². The van der Waals surface area contributed by atoms with Gasteiger partial charge in [-0.1, -0.05) is 6.07 Å². The number of hydrogen-bond donors (Lipinski definition) is 0. The summed E-state index contributed by atoms with van der Waals surface area (Å²) in [4.78, 5) is 6.36. The van der Waals surface area contributed by atoms with Gasteiger partial charge < -0.3 is 9.64 Å². The molecule has 0 bridgehead atoms. The normalized spacial score (nSPS) is 31.8. The van der Waals surface area contributed by atoms with Crippen LogP contribution in [-0.4, -0.2) is 56.2 Å². The number of thiophene rings is 1. The van der Waals surface area contributed by atoms with Gasteiger partial charge in [0.1, 0.15) is 0 Å². The summed E-state index contributed by atoms with van der Waals surface area (Å²) in [5.41, 5.74) is 0. The molecule has 3 atom stereocenters. The van der Waals surface area contributed by atoms with Gasteiger partial charge in [0.15, 0.2) is 0 Å². The molecule has 3 heterocycles. The Labute approximate surface area is 120 Å². The maximum Gasteiger partial charge on any atom is 0.0745 e. The Morgan fingerprint density at radius 1 is 1.47 bits per heavy atom. The van der Waals surface area contributed by atoms with Crippen LogP contribution in [0.15, 0.2) is 17.5 Å². The lowest BCUT2D eigenvalue weighted by Gasteiger charge is -2.36. The summed E-state index contributed by atoms with van der Waals surface area (Å²) < 4.78 is 6.03. The van der Waals surface area contributed by atoms with Crippen LogP contribution in [0.3, 0.4) is 0 Å². The van der Waals surface area contributed by atoms with Crippen molar-refractivity contribution in [3.8, 4) is 0 Å². The summed E-state index contributed by atoms with van der Waals surface area (Å²) in [6.07, 6.45) is 1.74. The fourth-order valence-electron chi connectivity index (χ4n) is 3.41. The Balaban J connectivity index is 1.59. The van der Waals surface area contributed by atoms with Gasteiger partial charge in [0.2, 0.25) is 0 Å². The first-order valence-corrected chi connectivity index (χ1v) is 8.11. The van der Waals surface area contributed by atoms with Gasteiger partial charge >= 0.3 is 0 Å². The highest BCUT2D eigenvalue weighted by molar-refractivity contribution is 7.09. The van der Waals surface area contributed by atoms with Crippen LogP contribution in [0.1, 0.15) is 11.3 Å². The minimum atomic E-state index is 0.436. The third-order valence-electron chi connectivity index (χ3n) is 4.40. The standard InChI is InChI=1S/C15H24N2OS/c1-16(2)10-15-14-9-17(6-5-12(14)11-18-15)8-13-4-3-7-19-13/h3-4,7,12,14-15H,5-6,8-11H2,1-2H3/t12-,14-,15+/m0/s1. The van der Waals surface area contributed by atoms with Crippen molar-refractivity contribution in [2.24, 2.45) is 11.8 Å². The largest absolute Gasteiger partial charge is 0.376 e. The van der Waals surface area contributed by atoms with Crippen molar-refractivity contribution in [2.45, 2.75) is 19.1 Å². The molecule has 0 saturated carbocycles. The van der Waals surface area contributed by atoms with Crippen LogP contribution in [0, 0.1) is 11.8 Å². The highest BCUT2D eigenvalue weighted by Crippen LogP contribution is 2.35. The molecule has 106 valence electrons. The highest BCUT2D eigenvalue weighted by atomic mass is 32.1. The lowest BCUT2D eigenvalue weighted by molar-refractivity contribution is 0.0545. The van der Waals surface area contributed by atoms with Gasteiger partial charge in [-0.15, -0.1) is 11.3 Å². The maximum atomic E-state index is 6.03. The predicted molar refractivity (Wildman–Crippen MR) is 79.5 cm³/mol. The second kappa shape index (κ2) is 5.92. The summed E-state index contributed by atoms with van der Waals surface area (Å²) in [7, 11) is 4.28. The van der Waals surface area contributed by atoms with E-state index in [0.717, 1.165) is 31.5 Å². The molecule has 0 aromatic carbocycles. The van der Waals surface area contributed by atoms with Crippen LogP contribution in [0.25, 0.3) is 0 Å². The van der Waals surface area contributed by atoms with Crippen molar-refractivity contribution < 1.29 is 4.74 Å². The van der Waals surface area contributed by atoms with E-state index in [1.54, 1.807) is 0 Å². The van der Waals surface area contributed by atoms with E-state index in [0.29, 0.717) is 6.10 Å². The molecule has 3 rings (SSSR count). The number of piperidine rings is 1. The van der Waals surface area contributed by atoms with E-state index < -0.39 is 0 Å². The number of likely N-dealkylation sites (N-methyl/N-ethyl adjacent to an activating group) is 1. The Kier molecular flexibility index (Phi) is 4.22. The molecule has 0 amide bonds. The summed E-state index contributed by atoms with van der Waals surface area (Å²) in [5.74, 6) is 1.53. The van der Waals surface area contributed by atoms with E-state index in [1.165, 1.54) is 24.4 Å². The van der Waals surface area contributed by atoms with E-state index in [1.807, 2.05) is 11.3 Å². The first-order chi connectivity index (χ1) is 9.22. The molecule has 1 aromatic heterocycles. The van der Waals surface area contributed by atoms with Crippen LogP contribution in [0.2, 0.25) is 0 Å². The molecular weight excluding hydrogens is 256 g/mol. The zero-order valence-electron chi connectivity index (χ0n) is 11.9. The van der Waals surface area contributed by atoms with Crippen LogP contribution >= 0.6 is 11.3 Å². The number of rotatable bonds is 4. The van der Waals surface area contributed by atoms with Gasteiger partial charge in [0.25, 0.3) is 0 Å². The van der Waals surface area contributed by atoms with Crippen molar-refractivity contribution in [1.29, 1.82) is 0 Å². The molecule has 0 unspecified atom stereocenters. The molecule has 4 heteroatoms. The third kappa shape index (κ3) is 3.19. The smallest absolute Gasteiger partial charge is 0.0745 e. The molecule has 1 aromatic rings. The lowest BCUT2D eigenvalue weighted by atomic mass is 9.84. The molecule has 2 aliphatic rings. The summed E-state index contributed by atoms with van der Waals surface area (Å²) in [6.45, 7) is 5.61. The zero-order chi connectivity index (χ0) is 13.2. The van der Waals surface area contributed by atoms with E-state index in [2.05, 4.69) is 41.4 Å². The fraction of sp³-hybridized carbons (Fsp3) is 0.733. The quantitative estimate of drug-likeness (QED) is 0.840. The van der Waals surface area contributed by atoms with Crippen LogP contribution in [0.5, 0.6) is 0 Å². The molecule has 0 radical (unpaired) electrons. The molecular formula is C15H24N2OS. The second-order valence-corrected chi connectivity index (χ2v) is 7.19. The number of fused-ring (bicyclic) bond motifs is 1. The minimum Gasteiger partial charge on any atom is -0.376 e. The Hall–Kier alpha value is -0.420. The van der Waals surface area contributed by atoms with E-state index in [4.69, 9.17) is 4.74 Å². The van der Waals surface area contributed by atoms with E-state index in [9.17, 15) is 0 Å². The van der Waals surface area contributed by atoms with Gasteiger partial charge in [0, 0.05) is 30.4 Å². The zero-order valence-corrected chi connectivity index (χ0v) is 12.7. The highest BCUT2D eigenvalue weighted by Gasteiger charge is 2.40. The average molecular weight is 280 g/mol.